The summed E-state index contributed by atoms with van der Waals surface area (Å²) in [6.07, 6.45) is 0.240. The molecule has 1 aromatic carbocycles. The summed E-state index contributed by atoms with van der Waals surface area (Å²) >= 11 is 0. The van der Waals surface area contributed by atoms with Gasteiger partial charge < -0.3 is 5.11 Å². The number of hydrogen-bond donors (Lipinski definition) is 3. The van der Waals surface area contributed by atoms with Gasteiger partial charge in [0.2, 0.25) is 5.95 Å². The van der Waals surface area contributed by atoms with E-state index in [1.807, 2.05) is 0 Å². The highest BCUT2D eigenvalue weighted by Gasteiger charge is 2.19. The Morgan fingerprint density at radius 1 is 1.35 bits per heavy atom. The van der Waals surface area contributed by atoms with Crippen LogP contribution in [-0.4, -0.2) is 37.4 Å². The molecule has 0 aliphatic rings. The second-order valence-electron chi connectivity index (χ2n) is 4.19. The number of hydrogen-bond acceptors (Lipinski definition) is 6. The zero-order valence-corrected chi connectivity index (χ0v) is 11.0. The van der Waals surface area contributed by atoms with Gasteiger partial charge in [0.05, 0.1) is 11.1 Å². The van der Waals surface area contributed by atoms with E-state index < -0.39 is 5.91 Å². The second-order valence-corrected chi connectivity index (χ2v) is 4.19. The minimum Gasteiger partial charge on any atom is -0.506 e. The molecule has 0 aliphatic carbocycles. The second kappa shape index (κ2) is 5.47. The van der Waals surface area contributed by atoms with Gasteiger partial charge in [0, 0.05) is 6.42 Å². The van der Waals surface area contributed by atoms with Crippen LogP contribution in [0.4, 0.5) is 5.95 Å². The number of rotatable bonds is 4. The molecule has 0 saturated carbocycles. The zero-order chi connectivity index (χ0) is 14.7. The fourth-order valence-electron chi connectivity index (χ4n) is 1.74. The summed E-state index contributed by atoms with van der Waals surface area (Å²) < 4.78 is 0. The van der Waals surface area contributed by atoms with Crippen LogP contribution in [0.5, 0.6) is 5.75 Å². The van der Waals surface area contributed by atoms with Crippen LogP contribution >= 0.6 is 0 Å². The fraction of sp³-hybridized carbons (Fsp3) is 0.250. The Labute approximate surface area is 114 Å². The van der Waals surface area contributed by atoms with E-state index >= 15 is 0 Å². The van der Waals surface area contributed by atoms with Gasteiger partial charge in [0.1, 0.15) is 5.75 Å². The van der Waals surface area contributed by atoms with Crippen LogP contribution < -0.4 is 5.32 Å². The molecule has 2 rings (SSSR count). The van der Waals surface area contributed by atoms with Gasteiger partial charge in [-0.2, -0.15) is 0 Å². The number of tetrazole rings is 1. The van der Waals surface area contributed by atoms with E-state index in [1.165, 1.54) is 6.07 Å². The molecule has 0 spiro atoms. The van der Waals surface area contributed by atoms with Crippen molar-refractivity contribution in [3.8, 4) is 5.75 Å². The first kappa shape index (κ1) is 13.7. The Hall–Kier alpha value is -2.77. The summed E-state index contributed by atoms with van der Waals surface area (Å²) in [4.78, 5) is 23.8. The van der Waals surface area contributed by atoms with Gasteiger partial charge in [-0.1, -0.05) is 12.0 Å². The van der Waals surface area contributed by atoms with E-state index in [0.29, 0.717) is 5.56 Å². The van der Waals surface area contributed by atoms with Gasteiger partial charge in [-0.05, 0) is 35.0 Å². The Bertz CT molecular complexity index is 651. The van der Waals surface area contributed by atoms with E-state index in [0.717, 1.165) is 0 Å². The number of aryl methyl sites for hydroxylation is 1. The highest BCUT2D eigenvalue weighted by Crippen LogP contribution is 2.26. The zero-order valence-electron chi connectivity index (χ0n) is 11.0. The molecule has 0 aliphatic heterocycles. The number of aromatic hydroxyl groups is 1. The summed E-state index contributed by atoms with van der Waals surface area (Å²) in [6.45, 7) is 3.42. The molecule has 8 nitrogen and oxygen atoms in total. The number of Topliss-reactive ketones (excluding diaryl/α,β-unsaturated/α-hetero) is 1. The third-order valence-corrected chi connectivity index (χ3v) is 2.70. The Kier molecular flexibility index (Phi) is 3.74. The average molecular weight is 275 g/mol. The molecule has 0 fully saturated rings. The lowest BCUT2D eigenvalue weighted by Crippen LogP contribution is -2.15. The largest absolute Gasteiger partial charge is 0.506 e. The van der Waals surface area contributed by atoms with Crippen molar-refractivity contribution in [2.45, 2.75) is 20.3 Å². The van der Waals surface area contributed by atoms with Gasteiger partial charge in [-0.25, -0.2) is 5.10 Å². The van der Waals surface area contributed by atoms with Gasteiger partial charge in [0.15, 0.2) is 5.78 Å². The molecule has 1 amide bonds. The Morgan fingerprint density at radius 2 is 2.05 bits per heavy atom. The topological polar surface area (TPSA) is 121 Å². The van der Waals surface area contributed by atoms with Crippen LogP contribution in [-0.2, 0) is 0 Å². The predicted octanol–water partition coefficient (Wildman–Crippen LogP) is 1.06. The minimum atomic E-state index is -0.602. The van der Waals surface area contributed by atoms with E-state index in [9.17, 15) is 14.7 Å². The molecule has 104 valence electrons. The number of H-pyrrole nitrogens is 1. The van der Waals surface area contributed by atoms with Crippen LogP contribution in [0.25, 0.3) is 0 Å². The monoisotopic (exact) mass is 275 g/mol. The van der Waals surface area contributed by atoms with E-state index in [2.05, 4.69) is 25.9 Å². The average Bonchev–Trinajstić information content (AvgIpc) is 2.92. The lowest BCUT2D eigenvalue weighted by molar-refractivity contribution is 0.0985. The number of aromatic nitrogens is 4. The third kappa shape index (κ3) is 2.63. The number of anilines is 1. The summed E-state index contributed by atoms with van der Waals surface area (Å²) in [5, 5.41) is 25.0. The number of phenols is 1. The Morgan fingerprint density at radius 3 is 2.65 bits per heavy atom. The molecule has 2 aromatic rings. The smallest absolute Gasteiger partial charge is 0.261 e. The lowest BCUT2D eigenvalue weighted by atomic mass is 10.00. The molecule has 8 heteroatoms. The number of carbonyl (C=O) groups excluding carboxylic acids is 2. The number of aromatic amines is 1. The number of nitrogens with zero attached hydrogens (tertiary/aromatic N) is 3. The number of carbonyl (C=O) groups is 2. The lowest BCUT2D eigenvalue weighted by Gasteiger charge is -2.09. The van der Waals surface area contributed by atoms with Gasteiger partial charge >= 0.3 is 0 Å². The van der Waals surface area contributed by atoms with Crippen molar-refractivity contribution >= 4 is 17.6 Å². The van der Waals surface area contributed by atoms with Crippen molar-refractivity contribution in [1.29, 1.82) is 0 Å². The maximum Gasteiger partial charge on any atom is 0.261 e. The molecule has 0 unspecified atom stereocenters. The number of nitrogens with one attached hydrogen (secondary N) is 2. The van der Waals surface area contributed by atoms with Crippen LogP contribution in [0.1, 0.15) is 39.6 Å². The maximum atomic E-state index is 12.1. The molecule has 20 heavy (non-hydrogen) atoms. The van der Waals surface area contributed by atoms with Crippen LogP contribution in [0.2, 0.25) is 0 Å². The van der Waals surface area contributed by atoms with E-state index in [4.69, 9.17) is 0 Å². The highest BCUT2D eigenvalue weighted by molar-refractivity contribution is 6.09. The third-order valence-electron chi connectivity index (χ3n) is 2.70. The maximum absolute atomic E-state index is 12.1. The normalized spacial score (nSPS) is 10.3. The summed E-state index contributed by atoms with van der Waals surface area (Å²) in [6, 6.07) is 3.04. The first-order chi connectivity index (χ1) is 9.52. The predicted molar refractivity (Wildman–Crippen MR) is 69.6 cm³/mol. The van der Waals surface area contributed by atoms with Crippen molar-refractivity contribution < 1.29 is 14.7 Å². The van der Waals surface area contributed by atoms with Crippen molar-refractivity contribution in [1.82, 2.24) is 20.6 Å². The van der Waals surface area contributed by atoms with Gasteiger partial charge in [-0.3, -0.25) is 14.9 Å². The minimum absolute atomic E-state index is 0.00167. The van der Waals surface area contributed by atoms with E-state index in [-0.39, 0.29) is 35.0 Å². The molecular weight excluding hydrogens is 262 g/mol. The molecule has 0 bridgehead atoms. The quantitative estimate of drug-likeness (QED) is 0.717. The fourth-order valence-corrected chi connectivity index (χ4v) is 1.74. The van der Waals surface area contributed by atoms with Crippen LogP contribution in [0.15, 0.2) is 12.1 Å². The SMILES string of the molecule is CCC(=O)c1cc(C)cc(C(=O)Nc2nnn[nH]2)c1O. The molecule has 1 aromatic heterocycles. The Balaban J connectivity index is 2.38. The van der Waals surface area contributed by atoms with Crippen LogP contribution in [0.3, 0.4) is 0 Å². The molecule has 3 N–H and O–H groups in total. The number of amides is 1. The molecule has 0 radical (unpaired) electrons. The first-order valence-corrected chi connectivity index (χ1v) is 5.94. The van der Waals surface area contributed by atoms with Crippen molar-refractivity contribution in [2.24, 2.45) is 0 Å². The van der Waals surface area contributed by atoms with Crippen molar-refractivity contribution in [2.75, 3.05) is 5.32 Å². The first-order valence-electron chi connectivity index (χ1n) is 5.94. The van der Waals surface area contributed by atoms with Crippen molar-refractivity contribution in [3.05, 3.63) is 28.8 Å². The summed E-state index contributed by atoms with van der Waals surface area (Å²) in [5.74, 6) is -1.12. The molecule has 1 heterocycles. The van der Waals surface area contributed by atoms with Crippen molar-refractivity contribution in [3.63, 3.8) is 0 Å². The number of phenolic OH excluding ortho intramolecular Hbond substituents is 1. The summed E-state index contributed by atoms with van der Waals surface area (Å²) in [7, 11) is 0. The van der Waals surface area contributed by atoms with Gasteiger partial charge in [-0.15, -0.1) is 0 Å². The number of benzene rings is 1. The highest BCUT2D eigenvalue weighted by atomic mass is 16.3. The standard InChI is InChI=1S/C12H13N5O3/c1-3-9(18)7-4-6(2)5-8(10(7)19)11(20)13-12-14-16-17-15-12/h4-5,19H,3H2,1-2H3,(H2,13,14,15,16,17,20). The molecular formula is C12H13N5O3. The van der Waals surface area contributed by atoms with Crippen LogP contribution in [0, 0.1) is 6.92 Å². The molecule has 0 atom stereocenters. The number of ketones is 1. The van der Waals surface area contributed by atoms with E-state index in [1.54, 1.807) is 19.9 Å². The molecule has 0 saturated heterocycles. The van der Waals surface area contributed by atoms with Gasteiger partial charge in [0.25, 0.3) is 5.91 Å². The summed E-state index contributed by atoms with van der Waals surface area (Å²) in [5.41, 5.74) is 0.826.